The number of piperidine rings is 1. The number of sulfonamides is 1. The van der Waals surface area contributed by atoms with E-state index in [2.05, 4.69) is 25.2 Å². The number of nitrogens with zero attached hydrogens (tertiary/aromatic N) is 2. The summed E-state index contributed by atoms with van der Waals surface area (Å²) in [5.74, 6) is 0.763. The molecule has 1 aliphatic carbocycles. The maximum Gasteiger partial charge on any atom is 0.240 e. The number of guanidine groups is 1. The Labute approximate surface area is 162 Å². The summed E-state index contributed by atoms with van der Waals surface area (Å²) in [6.45, 7) is 4.88. The van der Waals surface area contributed by atoms with Crippen molar-refractivity contribution < 1.29 is 8.42 Å². The second-order valence-electron chi connectivity index (χ2n) is 7.29. The maximum atomic E-state index is 12.2. The standard InChI is InChI=1S/C19H31N5O2S/c1-20-19(21-11-14-24-12-3-2-4-13-24)22-15-16-5-9-18(10-6-16)27(25,26)23-17-7-8-17/h5-6,9-10,17,23H,2-4,7-8,11-15H2,1H3,(H2,20,21,22). The Morgan fingerprint density at radius 3 is 2.44 bits per heavy atom. The Hall–Kier alpha value is -1.64. The SMILES string of the molecule is CN=C(NCCN1CCCCC1)NCc1ccc(S(=O)(=O)NC2CC2)cc1. The van der Waals surface area contributed by atoms with Crippen LogP contribution in [0.1, 0.15) is 37.7 Å². The van der Waals surface area contributed by atoms with Crippen molar-refractivity contribution >= 4 is 16.0 Å². The number of aliphatic imine (C=N–C) groups is 1. The molecule has 0 atom stereocenters. The number of hydrogen-bond acceptors (Lipinski definition) is 4. The number of benzene rings is 1. The van der Waals surface area contributed by atoms with Gasteiger partial charge in [0, 0.05) is 32.7 Å². The predicted octanol–water partition coefficient (Wildman–Crippen LogP) is 1.28. The molecule has 3 N–H and O–H groups in total. The van der Waals surface area contributed by atoms with E-state index in [0.717, 1.165) is 37.5 Å². The van der Waals surface area contributed by atoms with Crippen LogP contribution in [0.25, 0.3) is 0 Å². The lowest BCUT2D eigenvalue weighted by molar-refractivity contribution is 0.232. The molecule has 0 aromatic heterocycles. The molecule has 8 heteroatoms. The van der Waals surface area contributed by atoms with Gasteiger partial charge in [0.25, 0.3) is 0 Å². The van der Waals surface area contributed by atoms with Crippen LogP contribution >= 0.6 is 0 Å². The van der Waals surface area contributed by atoms with Crippen LogP contribution in [-0.4, -0.2) is 58.5 Å². The highest BCUT2D eigenvalue weighted by Crippen LogP contribution is 2.22. The molecule has 0 amide bonds. The average molecular weight is 394 g/mol. The molecule has 7 nitrogen and oxygen atoms in total. The largest absolute Gasteiger partial charge is 0.355 e. The smallest absolute Gasteiger partial charge is 0.240 e. The first-order valence-corrected chi connectivity index (χ1v) is 11.3. The fourth-order valence-corrected chi connectivity index (χ4v) is 4.50. The highest BCUT2D eigenvalue weighted by atomic mass is 32.2. The Morgan fingerprint density at radius 2 is 1.81 bits per heavy atom. The van der Waals surface area contributed by atoms with Gasteiger partial charge in [0.2, 0.25) is 10.0 Å². The summed E-state index contributed by atoms with van der Waals surface area (Å²) in [6, 6.07) is 7.13. The fraction of sp³-hybridized carbons (Fsp3) is 0.632. The molecule has 1 saturated carbocycles. The van der Waals surface area contributed by atoms with Crippen molar-refractivity contribution in [1.29, 1.82) is 0 Å². The van der Waals surface area contributed by atoms with Gasteiger partial charge in [-0.25, -0.2) is 13.1 Å². The van der Waals surface area contributed by atoms with Crippen LogP contribution in [-0.2, 0) is 16.6 Å². The van der Waals surface area contributed by atoms with Gasteiger partial charge < -0.3 is 15.5 Å². The lowest BCUT2D eigenvalue weighted by Crippen LogP contribution is -2.42. The topological polar surface area (TPSA) is 85.8 Å². The summed E-state index contributed by atoms with van der Waals surface area (Å²) in [4.78, 5) is 7.06. The van der Waals surface area contributed by atoms with Crippen molar-refractivity contribution in [2.45, 2.75) is 49.6 Å². The van der Waals surface area contributed by atoms with Crippen LogP contribution in [0, 0.1) is 0 Å². The van der Waals surface area contributed by atoms with Gasteiger partial charge in [-0.2, -0.15) is 0 Å². The van der Waals surface area contributed by atoms with Gasteiger partial charge >= 0.3 is 0 Å². The molecule has 2 aliphatic rings. The summed E-state index contributed by atoms with van der Waals surface area (Å²) < 4.78 is 27.1. The summed E-state index contributed by atoms with van der Waals surface area (Å²) in [6.07, 6.45) is 5.82. The Kier molecular flexibility index (Phi) is 7.09. The first-order valence-electron chi connectivity index (χ1n) is 9.85. The van der Waals surface area contributed by atoms with E-state index in [1.807, 2.05) is 12.1 Å². The average Bonchev–Trinajstić information content (AvgIpc) is 3.49. The van der Waals surface area contributed by atoms with Gasteiger partial charge in [0.1, 0.15) is 0 Å². The van der Waals surface area contributed by atoms with E-state index in [0.29, 0.717) is 11.4 Å². The molecule has 2 fully saturated rings. The minimum absolute atomic E-state index is 0.121. The molecule has 27 heavy (non-hydrogen) atoms. The third-order valence-corrected chi connectivity index (χ3v) is 6.52. The molecule has 1 heterocycles. The summed E-state index contributed by atoms with van der Waals surface area (Å²) in [5.41, 5.74) is 1.01. The van der Waals surface area contributed by atoms with Crippen LogP contribution in [0.5, 0.6) is 0 Å². The lowest BCUT2D eigenvalue weighted by Gasteiger charge is -2.26. The Bertz CT molecular complexity index is 723. The minimum atomic E-state index is -3.38. The van der Waals surface area contributed by atoms with Crippen LogP contribution in [0.2, 0.25) is 0 Å². The minimum Gasteiger partial charge on any atom is -0.355 e. The lowest BCUT2D eigenvalue weighted by atomic mass is 10.1. The summed E-state index contributed by atoms with van der Waals surface area (Å²) in [5, 5.41) is 6.62. The van der Waals surface area contributed by atoms with E-state index in [1.54, 1.807) is 19.2 Å². The molecule has 0 unspecified atom stereocenters. The number of rotatable bonds is 8. The van der Waals surface area contributed by atoms with Gasteiger partial charge in [-0.15, -0.1) is 0 Å². The van der Waals surface area contributed by atoms with Gasteiger partial charge in [0.15, 0.2) is 5.96 Å². The first kappa shape index (κ1) is 20.1. The molecule has 150 valence electrons. The van der Waals surface area contributed by atoms with Crippen LogP contribution in [0.4, 0.5) is 0 Å². The first-order chi connectivity index (χ1) is 13.1. The van der Waals surface area contributed by atoms with E-state index in [1.165, 1.54) is 32.4 Å². The van der Waals surface area contributed by atoms with E-state index in [-0.39, 0.29) is 6.04 Å². The van der Waals surface area contributed by atoms with E-state index < -0.39 is 10.0 Å². The van der Waals surface area contributed by atoms with Gasteiger partial charge in [-0.05, 0) is 56.5 Å². The van der Waals surface area contributed by atoms with Crippen molar-refractivity contribution in [1.82, 2.24) is 20.3 Å². The van der Waals surface area contributed by atoms with E-state index >= 15 is 0 Å². The third kappa shape index (κ3) is 6.48. The molecule has 1 aliphatic heterocycles. The van der Waals surface area contributed by atoms with Gasteiger partial charge in [-0.3, -0.25) is 4.99 Å². The molecule has 0 radical (unpaired) electrons. The second-order valence-corrected chi connectivity index (χ2v) is 9.01. The molecule has 1 saturated heterocycles. The zero-order chi connectivity index (χ0) is 19.1. The Balaban J connectivity index is 1.42. The van der Waals surface area contributed by atoms with Crippen molar-refractivity contribution in [3.05, 3.63) is 29.8 Å². The van der Waals surface area contributed by atoms with Crippen molar-refractivity contribution in [2.24, 2.45) is 4.99 Å². The number of likely N-dealkylation sites (tertiary alicyclic amines) is 1. The summed E-state index contributed by atoms with van der Waals surface area (Å²) >= 11 is 0. The number of nitrogens with one attached hydrogen (secondary N) is 3. The molecule has 3 rings (SSSR count). The molecular formula is C19H31N5O2S. The maximum absolute atomic E-state index is 12.2. The van der Waals surface area contributed by atoms with Crippen LogP contribution in [0.15, 0.2) is 34.2 Å². The van der Waals surface area contributed by atoms with Crippen molar-refractivity contribution in [3.8, 4) is 0 Å². The van der Waals surface area contributed by atoms with E-state index in [9.17, 15) is 8.42 Å². The monoisotopic (exact) mass is 393 g/mol. The molecule has 1 aromatic rings. The van der Waals surface area contributed by atoms with Crippen molar-refractivity contribution in [2.75, 3.05) is 33.2 Å². The van der Waals surface area contributed by atoms with E-state index in [4.69, 9.17) is 0 Å². The number of hydrogen-bond donors (Lipinski definition) is 3. The molecule has 1 aromatic carbocycles. The molecule has 0 spiro atoms. The van der Waals surface area contributed by atoms with Gasteiger partial charge in [-0.1, -0.05) is 18.6 Å². The zero-order valence-electron chi connectivity index (χ0n) is 16.1. The predicted molar refractivity (Wildman–Crippen MR) is 108 cm³/mol. The quantitative estimate of drug-likeness (QED) is 0.458. The van der Waals surface area contributed by atoms with Crippen LogP contribution in [0.3, 0.4) is 0 Å². The normalized spacial score (nSPS) is 19.1. The molecular weight excluding hydrogens is 362 g/mol. The fourth-order valence-electron chi connectivity index (χ4n) is 3.20. The van der Waals surface area contributed by atoms with Crippen molar-refractivity contribution in [3.63, 3.8) is 0 Å². The second kappa shape index (κ2) is 9.52. The Morgan fingerprint density at radius 1 is 1.11 bits per heavy atom. The highest BCUT2D eigenvalue weighted by molar-refractivity contribution is 7.89. The van der Waals surface area contributed by atoms with Gasteiger partial charge in [0.05, 0.1) is 4.90 Å². The summed E-state index contributed by atoms with van der Waals surface area (Å²) in [7, 11) is -1.62. The highest BCUT2D eigenvalue weighted by Gasteiger charge is 2.27. The third-order valence-electron chi connectivity index (χ3n) is 4.99. The molecule has 0 bridgehead atoms. The van der Waals surface area contributed by atoms with Crippen LogP contribution < -0.4 is 15.4 Å². The zero-order valence-corrected chi connectivity index (χ0v) is 16.9.